The Bertz CT molecular complexity index is 772. The van der Waals surface area contributed by atoms with E-state index in [1.165, 1.54) is 30.5 Å². The summed E-state index contributed by atoms with van der Waals surface area (Å²) in [5.41, 5.74) is 2.73. The van der Waals surface area contributed by atoms with Crippen molar-refractivity contribution in [2.75, 3.05) is 6.61 Å². The molecule has 4 N–H and O–H groups in total. The molecule has 0 heterocycles. The molecule has 0 saturated carbocycles. The number of hydrogen-bond donors (Lipinski definition) is 4. The molecule has 24 heavy (non-hydrogen) atoms. The molecule has 0 bridgehead atoms. The lowest BCUT2D eigenvalue weighted by atomic mass is 10.2. The third-order valence-corrected chi connectivity index (χ3v) is 3.79. The van der Waals surface area contributed by atoms with Crippen LogP contribution in [0.4, 0.5) is 0 Å². The van der Waals surface area contributed by atoms with Crippen LogP contribution in [0.1, 0.15) is 5.56 Å². The molecule has 0 aliphatic rings. The first-order valence-electron chi connectivity index (χ1n) is 6.51. The van der Waals surface area contributed by atoms with Crippen LogP contribution in [0.25, 0.3) is 0 Å². The van der Waals surface area contributed by atoms with E-state index in [9.17, 15) is 20.1 Å². The maximum atomic E-state index is 11.7. The molecule has 1 amide bonds. The Hall–Kier alpha value is -2.26. The van der Waals surface area contributed by atoms with Crippen LogP contribution in [0.5, 0.6) is 23.0 Å². The molecule has 0 unspecified atom stereocenters. The first-order chi connectivity index (χ1) is 11.4. The number of amides is 1. The Morgan fingerprint density at radius 3 is 2.54 bits per heavy atom. The zero-order chi connectivity index (χ0) is 17.7. The summed E-state index contributed by atoms with van der Waals surface area (Å²) in [5.74, 6) is -1.05. The number of benzene rings is 2. The van der Waals surface area contributed by atoms with Gasteiger partial charge in [-0.05, 0) is 51.8 Å². The number of carbonyl (C=O) groups is 1. The van der Waals surface area contributed by atoms with Gasteiger partial charge in [0.05, 0.1) is 10.7 Å². The van der Waals surface area contributed by atoms with Gasteiger partial charge in [0.15, 0.2) is 29.6 Å². The fourth-order valence-electron chi connectivity index (χ4n) is 1.66. The van der Waals surface area contributed by atoms with Crippen LogP contribution in [0.3, 0.4) is 0 Å². The SMILES string of the molecule is O=C(COc1c(O)cc(Br)cc1Br)NN=Cc1ccc(O)c(O)c1. The number of carbonyl (C=O) groups excluding carboxylic acids is 1. The Morgan fingerprint density at radius 2 is 1.88 bits per heavy atom. The van der Waals surface area contributed by atoms with Crippen molar-refractivity contribution in [3.8, 4) is 23.0 Å². The van der Waals surface area contributed by atoms with E-state index in [0.29, 0.717) is 14.5 Å². The Balaban J connectivity index is 1.90. The fraction of sp³-hybridized carbons (Fsp3) is 0.0667. The lowest BCUT2D eigenvalue weighted by Crippen LogP contribution is -2.24. The van der Waals surface area contributed by atoms with Gasteiger partial charge in [0.25, 0.3) is 5.91 Å². The zero-order valence-electron chi connectivity index (χ0n) is 12.0. The number of nitrogens with zero attached hydrogens (tertiary/aromatic N) is 1. The second kappa shape index (κ2) is 8.02. The highest BCUT2D eigenvalue weighted by Crippen LogP contribution is 2.37. The van der Waals surface area contributed by atoms with Crippen LogP contribution in [0.15, 0.2) is 44.4 Å². The Kier molecular flexibility index (Phi) is 6.04. The molecule has 2 aromatic carbocycles. The molecule has 0 aliphatic heterocycles. The van der Waals surface area contributed by atoms with Crippen LogP contribution in [0.2, 0.25) is 0 Å². The van der Waals surface area contributed by atoms with Crippen LogP contribution in [-0.2, 0) is 4.79 Å². The van der Waals surface area contributed by atoms with Gasteiger partial charge in [-0.2, -0.15) is 5.10 Å². The Labute approximate surface area is 153 Å². The molecule has 2 rings (SSSR count). The van der Waals surface area contributed by atoms with Crippen molar-refractivity contribution in [1.82, 2.24) is 5.43 Å². The molecule has 7 nitrogen and oxygen atoms in total. The molecular formula is C15H12Br2N2O5. The lowest BCUT2D eigenvalue weighted by Gasteiger charge is -2.09. The van der Waals surface area contributed by atoms with Gasteiger partial charge in [-0.1, -0.05) is 15.9 Å². The molecule has 0 saturated heterocycles. The highest BCUT2D eigenvalue weighted by molar-refractivity contribution is 9.11. The van der Waals surface area contributed by atoms with Crippen molar-refractivity contribution in [3.05, 3.63) is 44.8 Å². The molecule has 0 fully saturated rings. The number of halogens is 2. The second-order valence-electron chi connectivity index (χ2n) is 4.57. The van der Waals surface area contributed by atoms with Gasteiger partial charge < -0.3 is 20.1 Å². The maximum Gasteiger partial charge on any atom is 0.277 e. The van der Waals surface area contributed by atoms with Gasteiger partial charge in [-0.25, -0.2) is 5.43 Å². The van der Waals surface area contributed by atoms with Gasteiger partial charge in [0.2, 0.25) is 0 Å². The molecule has 126 valence electrons. The van der Waals surface area contributed by atoms with E-state index in [2.05, 4.69) is 42.4 Å². The molecule has 9 heteroatoms. The minimum absolute atomic E-state index is 0.118. The molecule has 0 radical (unpaired) electrons. The smallest absolute Gasteiger partial charge is 0.277 e. The molecule has 0 aliphatic carbocycles. The van der Waals surface area contributed by atoms with Crippen LogP contribution >= 0.6 is 31.9 Å². The van der Waals surface area contributed by atoms with Gasteiger partial charge in [0.1, 0.15) is 0 Å². The number of rotatable bonds is 5. The number of ether oxygens (including phenoxy) is 1. The number of aromatic hydroxyl groups is 3. The molecule has 2 aromatic rings. The summed E-state index contributed by atoms with van der Waals surface area (Å²) < 4.78 is 6.39. The van der Waals surface area contributed by atoms with Crippen LogP contribution < -0.4 is 10.2 Å². The maximum absolute atomic E-state index is 11.7. The van der Waals surface area contributed by atoms with E-state index in [1.54, 1.807) is 6.07 Å². The van der Waals surface area contributed by atoms with E-state index in [4.69, 9.17) is 4.74 Å². The first kappa shape index (κ1) is 18.1. The highest BCUT2D eigenvalue weighted by Gasteiger charge is 2.11. The molecule has 0 atom stereocenters. The summed E-state index contributed by atoms with van der Waals surface area (Å²) in [7, 11) is 0. The number of hydrazone groups is 1. The zero-order valence-corrected chi connectivity index (χ0v) is 15.2. The monoisotopic (exact) mass is 458 g/mol. The summed E-state index contributed by atoms with van der Waals surface area (Å²) in [6, 6.07) is 7.21. The van der Waals surface area contributed by atoms with Crippen molar-refractivity contribution in [3.63, 3.8) is 0 Å². The van der Waals surface area contributed by atoms with Crippen molar-refractivity contribution in [2.45, 2.75) is 0 Å². The van der Waals surface area contributed by atoms with E-state index in [-0.39, 0.29) is 29.6 Å². The molecular weight excluding hydrogens is 448 g/mol. The number of phenols is 3. The van der Waals surface area contributed by atoms with Crippen LogP contribution in [-0.4, -0.2) is 34.0 Å². The normalized spacial score (nSPS) is 10.8. The largest absolute Gasteiger partial charge is 0.504 e. The van der Waals surface area contributed by atoms with Gasteiger partial charge in [-0.3, -0.25) is 4.79 Å². The molecule has 0 spiro atoms. The second-order valence-corrected chi connectivity index (χ2v) is 6.34. The quantitative estimate of drug-likeness (QED) is 0.312. The summed E-state index contributed by atoms with van der Waals surface area (Å²) in [6.45, 7) is -0.355. The summed E-state index contributed by atoms with van der Waals surface area (Å²) in [5, 5.41) is 32.0. The van der Waals surface area contributed by atoms with Gasteiger partial charge in [0, 0.05) is 4.47 Å². The van der Waals surface area contributed by atoms with Crippen molar-refractivity contribution in [2.24, 2.45) is 5.10 Å². The minimum Gasteiger partial charge on any atom is -0.504 e. The van der Waals surface area contributed by atoms with Crippen molar-refractivity contribution < 1.29 is 24.9 Å². The summed E-state index contributed by atoms with van der Waals surface area (Å²) in [4.78, 5) is 11.7. The highest BCUT2D eigenvalue weighted by atomic mass is 79.9. The standard InChI is InChI=1S/C15H12Br2N2O5/c16-9-4-10(17)15(13(22)5-9)24-7-14(23)19-18-6-8-1-2-11(20)12(21)3-8/h1-6,20-22H,7H2,(H,19,23). The number of phenolic OH excluding ortho intramolecular Hbond substituents is 3. The number of hydrogen-bond acceptors (Lipinski definition) is 6. The lowest BCUT2D eigenvalue weighted by molar-refractivity contribution is -0.123. The Morgan fingerprint density at radius 1 is 1.12 bits per heavy atom. The van der Waals surface area contributed by atoms with Crippen molar-refractivity contribution in [1.29, 1.82) is 0 Å². The van der Waals surface area contributed by atoms with Crippen molar-refractivity contribution >= 4 is 44.0 Å². The summed E-state index contributed by atoms with van der Waals surface area (Å²) in [6.07, 6.45) is 1.30. The van der Waals surface area contributed by atoms with Crippen LogP contribution in [0, 0.1) is 0 Å². The average molecular weight is 460 g/mol. The van der Waals surface area contributed by atoms with Gasteiger partial charge >= 0.3 is 0 Å². The molecule has 0 aromatic heterocycles. The fourth-order valence-corrected chi connectivity index (χ4v) is 2.98. The topological polar surface area (TPSA) is 111 Å². The third kappa shape index (κ3) is 4.87. The van der Waals surface area contributed by atoms with E-state index >= 15 is 0 Å². The predicted molar refractivity (Wildman–Crippen MR) is 94.5 cm³/mol. The van der Waals surface area contributed by atoms with Gasteiger partial charge in [-0.15, -0.1) is 0 Å². The summed E-state index contributed by atoms with van der Waals surface area (Å²) >= 11 is 6.44. The third-order valence-electron chi connectivity index (χ3n) is 2.74. The number of nitrogens with one attached hydrogen (secondary N) is 1. The predicted octanol–water partition coefficient (Wildman–Crippen LogP) is 2.86. The minimum atomic E-state index is -0.538. The van der Waals surface area contributed by atoms with E-state index in [1.807, 2.05) is 0 Å². The van der Waals surface area contributed by atoms with E-state index in [0.717, 1.165) is 0 Å². The average Bonchev–Trinajstić information content (AvgIpc) is 2.49. The first-order valence-corrected chi connectivity index (χ1v) is 8.10. The van der Waals surface area contributed by atoms with E-state index < -0.39 is 5.91 Å².